The third-order valence-corrected chi connectivity index (χ3v) is 4.39. The fourth-order valence-corrected chi connectivity index (χ4v) is 3.17. The molecule has 1 heterocycles. The van der Waals surface area contributed by atoms with E-state index in [9.17, 15) is 4.79 Å². The van der Waals surface area contributed by atoms with Gasteiger partial charge in [0, 0.05) is 11.0 Å². The molecule has 2 N–H and O–H groups in total. The van der Waals surface area contributed by atoms with Crippen LogP contribution in [0, 0.1) is 0 Å². The first-order chi connectivity index (χ1) is 10.1. The smallest absolute Gasteiger partial charge is 0.241 e. The first kappa shape index (κ1) is 14.6. The monoisotopic (exact) mass is 364 g/mol. The van der Waals surface area contributed by atoms with Gasteiger partial charge in [0.15, 0.2) is 0 Å². The van der Waals surface area contributed by atoms with Crippen LogP contribution in [0.1, 0.15) is 11.1 Å². The Balaban J connectivity index is 1.72. The number of anilines is 1. The summed E-state index contributed by atoms with van der Waals surface area (Å²) in [7, 11) is 0. The fraction of sp³-hybridized carbons (Fsp3) is 0.188. The third-order valence-electron chi connectivity index (χ3n) is 3.59. The Morgan fingerprint density at radius 2 is 2.00 bits per heavy atom. The molecular weight excluding hydrogens is 352 g/mol. The highest BCUT2D eigenvalue weighted by Gasteiger charge is 2.24. The number of amides is 1. The summed E-state index contributed by atoms with van der Waals surface area (Å²) in [5.41, 5.74) is 3.10. The first-order valence-electron chi connectivity index (χ1n) is 6.69. The lowest BCUT2D eigenvalue weighted by molar-refractivity contribution is -0.118. The van der Waals surface area contributed by atoms with E-state index in [2.05, 4.69) is 38.7 Å². The number of carbonyl (C=O) groups excluding carboxylic acids is 1. The van der Waals surface area contributed by atoms with Crippen LogP contribution in [0.3, 0.4) is 0 Å². The van der Waals surface area contributed by atoms with Gasteiger partial charge in [0.1, 0.15) is 0 Å². The van der Waals surface area contributed by atoms with Gasteiger partial charge in [-0.15, -0.1) is 0 Å². The zero-order valence-electron chi connectivity index (χ0n) is 11.2. The van der Waals surface area contributed by atoms with Gasteiger partial charge in [-0.3, -0.25) is 4.79 Å². The molecule has 3 nitrogen and oxygen atoms in total. The highest BCUT2D eigenvalue weighted by atomic mass is 79.9. The molecule has 1 atom stereocenters. The molecule has 0 spiro atoms. The topological polar surface area (TPSA) is 41.1 Å². The zero-order chi connectivity index (χ0) is 14.8. The highest BCUT2D eigenvalue weighted by Crippen LogP contribution is 2.26. The number of hydrogen-bond donors (Lipinski definition) is 2. The summed E-state index contributed by atoms with van der Waals surface area (Å²) in [6.45, 7) is 0.711. The Bertz CT molecular complexity index is 690. The van der Waals surface area contributed by atoms with Crippen LogP contribution >= 0.6 is 27.5 Å². The number of rotatable bonds is 2. The van der Waals surface area contributed by atoms with E-state index < -0.39 is 0 Å². The van der Waals surface area contributed by atoms with E-state index in [-0.39, 0.29) is 11.9 Å². The summed E-state index contributed by atoms with van der Waals surface area (Å²) >= 11 is 9.48. The van der Waals surface area contributed by atoms with Crippen LogP contribution in [0.2, 0.25) is 5.02 Å². The average molecular weight is 366 g/mol. The molecule has 108 valence electrons. The van der Waals surface area contributed by atoms with Crippen LogP contribution in [-0.4, -0.2) is 11.9 Å². The van der Waals surface area contributed by atoms with Gasteiger partial charge < -0.3 is 10.6 Å². The minimum Gasteiger partial charge on any atom is -0.323 e. The summed E-state index contributed by atoms with van der Waals surface area (Å²) in [6, 6.07) is 13.4. The van der Waals surface area contributed by atoms with Crippen molar-refractivity contribution in [2.75, 3.05) is 5.32 Å². The summed E-state index contributed by atoms with van der Waals surface area (Å²) in [4.78, 5) is 12.4. The SMILES string of the molecule is O=C(Nc1ccc(Br)cc1Cl)C1Cc2ccccc2CN1. The van der Waals surface area contributed by atoms with Crippen molar-refractivity contribution in [2.45, 2.75) is 19.0 Å². The molecule has 21 heavy (non-hydrogen) atoms. The summed E-state index contributed by atoms with van der Waals surface area (Å²) in [5.74, 6) is -0.0614. The molecule has 0 aliphatic carbocycles. The van der Waals surface area contributed by atoms with Gasteiger partial charge in [-0.2, -0.15) is 0 Å². The van der Waals surface area contributed by atoms with Gasteiger partial charge in [0.05, 0.1) is 16.8 Å². The Morgan fingerprint density at radius 3 is 2.76 bits per heavy atom. The first-order valence-corrected chi connectivity index (χ1v) is 7.86. The molecule has 0 bridgehead atoms. The molecular formula is C16H14BrClN2O. The Kier molecular flexibility index (Phi) is 4.29. The maximum Gasteiger partial charge on any atom is 0.241 e. The standard InChI is InChI=1S/C16H14BrClN2O/c17-12-5-6-14(13(18)8-12)20-16(21)15-7-10-3-1-2-4-11(10)9-19-15/h1-6,8,15,19H,7,9H2,(H,20,21). The lowest BCUT2D eigenvalue weighted by Gasteiger charge is -2.25. The highest BCUT2D eigenvalue weighted by molar-refractivity contribution is 9.10. The Hall–Kier alpha value is -1.36. The predicted octanol–water partition coefficient (Wildman–Crippen LogP) is 3.76. The van der Waals surface area contributed by atoms with Crippen molar-refractivity contribution in [1.82, 2.24) is 5.32 Å². The van der Waals surface area contributed by atoms with Crippen LogP contribution in [-0.2, 0) is 17.8 Å². The Morgan fingerprint density at radius 1 is 1.24 bits per heavy atom. The zero-order valence-corrected chi connectivity index (χ0v) is 13.5. The van der Waals surface area contributed by atoms with Crippen molar-refractivity contribution in [3.05, 3.63) is 63.1 Å². The van der Waals surface area contributed by atoms with Gasteiger partial charge in [-0.1, -0.05) is 51.8 Å². The molecule has 0 radical (unpaired) electrons. The molecule has 0 saturated heterocycles. The summed E-state index contributed by atoms with van der Waals surface area (Å²) in [5, 5.41) is 6.67. The number of fused-ring (bicyclic) bond motifs is 1. The fourth-order valence-electron chi connectivity index (χ4n) is 2.45. The van der Waals surface area contributed by atoms with Crippen molar-refractivity contribution in [3.8, 4) is 0 Å². The van der Waals surface area contributed by atoms with Crippen LogP contribution in [0.25, 0.3) is 0 Å². The van der Waals surface area contributed by atoms with Crippen LogP contribution in [0.5, 0.6) is 0 Å². The predicted molar refractivity (Wildman–Crippen MR) is 88.6 cm³/mol. The van der Waals surface area contributed by atoms with Crippen LogP contribution in [0.4, 0.5) is 5.69 Å². The molecule has 2 aromatic carbocycles. The second kappa shape index (κ2) is 6.18. The van der Waals surface area contributed by atoms with Gasteiger partial charge in [-0.05, 0) is 35.7 Å². The minimum absolute atomic E-state index is 0.0614. The van der Waals surface area contributed by atoms with E-state index in [4.69, 9.17) is 11.6 Å². The third kappa shape index (κ3) is 3.28. The molecule has 0 aromatic heterocycles. The maximum absolute atomic E-state index is 12.4. The van der Waals surface area contributed by atoms with Gasteiger partial charge in [0.25, 0.3) is 0 Å². The van der Waals surface area contributed by atoms with E-state index in [1.807, 2.05) is 18.2 Å². The van der Waals surface area contributed by atoms with E-state index in [1.54, 1.807) is 12.1 Å². The van der Waals surface area contributed by atoms with Crippen molar-refractivity contribution in [3.63, 3.8) is 0 Å². The number of carbonyl (C=O) groups is 1. The lowest BCUT2D eigenvalue weighted by atomic mass is 9.95. The number of nitrogens with one attached hydrogen (secondary N) is 2. The molecule has 1 unspecified atom stereocenters. The number of hydrogen-bond acceptors (Lipinski definition) is 2. The molecule has 0 fully saturated rings. The largest absolute Gasteiger partial charge is 0.323 e. The van der Waals surface area contributed by atoms with Crippen LogP contribution in [0.15, 0.2) is 46.9 Å². The molecule has 5 heteroatoms. The molecule has 1 amide bonds. The minimum atomic E-state index is -0.236. The van der Waals surface area contributed by atoms with Gasteiger partial charge >= 0.3 is 0 Å². The molecule has 3 rings (SSSR count). The summed E-state index contributed by atoms with van der Waals surface area (Å²) in [6.07, 6.45) is 0.691. The van der Waals surface area contributed by atoms with E-state index in [0.717, 1.165) is 4.47 Å². The van der Waals surface area contributed by atoms with E-state index in [1.165, 1.54) is 11.1 Å². The summed E-state index contributed by atoms with van der Waals surface area (Å²) < 4.78 is 0.884. The maximum atomic E-state index is 12.4. The quantitative estimate of drug-likeness (QED) is 0.851. The molecule has 1 aliphatic heterocycles. The molecule has 1 aliphatic rings. The molecule has 2 aromatic rings. The normalized spacial score (nSPS) is 17.1. The van der Waals surface area contributed by atoms with E-state index in [0.29, 0.717) is 23.7 Å². The average Bonchev–Trinajstić information content (AvgIpc) is 2.49. The second-order valence-corrected chi connectivity index (χ2v) is 6.34. The van der Waals surface area contributed by atoms with Gasteiger partial charge in [-0.25, -0.2) is 0 Å². The van der Waals surface area contributed by atoms with Crippen molar-refractivity contribution in [1.29, 1.82) is 0 Å². The van der Waals surface area contributed by atoms with Gasteiger partial charge in [0.2, 0.25) is 5.91 Å². The van der Waals surface area contributed by atoms with Crippen molar-refractivity contribution >= 4 is 39.1 Å². The second-order valence-electron chi connectivity index (χ2n) is 5.02. The van der Waals surface area contributed by atoms with Crippen LogP contribution < -0.4 is 10.6 Å². The molecule has 0 saturated carbocycles. The number of halogens is 2. The lowest BCUT2D eigenvalue weighted by Crippen LogP contribution is -2.44. The van der Waals surface area contributed by atoms with Crippen molar-refractivity contribution < 1.29 is 4.79 Å². The Labute approximate surface area is 136 Å². The van der Waals surface area contributed by atoms with Crippen molar-refractivity contribution in [2.24, 2.45) is 0 Å². The number of benzene rings is 2. The van der Waals surface area contributed by atoms with E-state index >= 15 is 0 Å².